The molecule has 0 radical (unpaired) electrons. The number of hydrogen-bond acceptors (Lipinski definition) is 3. The van der Waals surface area contributed by atoms with Gasteiger partial charge in [0, 0.05) is 44.1 Å². The number of aromatic nitrogens is 3. The molecule has 2 aromatic heterocycles. The van der Waals surface area contributed by atoms with Gasteiger partial charge in [0.1, 0.15) is 11.5 Å². The molecule has 0 amide bonds. The summed E-state index contributed by atoms with van der Waals surface area (Å²) in [6.45, 7) is 0. The fraction of sp³-hybridized carbons (Fsp3) is 0.0159. The fourth-order valence-electron chi connectivity index (χ4n) is 11.1. The van der Waals surface area contributed by atoms with Crippen molar-refractivity contribution in [3.8, 4) is 73.2 Å². The average molecular weight is 854 g/mol. The van der Waals surface area contributed by atoms with Crippen LogP contribution in [0.15, 0.2) is 237 Å². The lowest BCUT2D eigenvalue weighted by Crippen LogP contribution is -2.32. The summed E-state index contributed by atoms with van der Waals surface area (Å²) in [4.78, 5) is 10.6. The van der Waals surface area contributed by atoms with Gasteiger partial charge in [-0.2, -0.15) is 0 Å². The molecule has 12 aromatic rings. The molecule has 312 valence electrons. The zero-order valence-electron chi connectivity index (χ0n) is 36.3. The van der Waals surface area contributed by atoms with Gasteiger partial charge in [-0.25, -0.2) is 9.97 Å². The van der Waals surface area contributed by atoms with Crippen LogP contribution in [-0.2, 0) is 5.41 Å². The van der Waals surface area contributed by atoms with Crippen molar-refractivity contribution in [3.05, 3.63) is 259 Å². The minimum Gasteiger partial charge on any atom is -0.457 e. The first kappa shape index (κ1) is 37.5. The maximum Gasteiger partial charge on any atom is 0.160 e. The Labute approximate surface area is 387 Å². The van der Waals surface area contributed by atoms with E-state index in [-0.39, 0.29) is 0 Å². The van der Waals surface area contributed by atoms with Crippen LogP contribution in [0.5, 0.6) is 11.5 Å². The summed E-state index contributed by atoms with van der Waals surface area (Å²) in [6, 6.07) is 84.8. The first-order chi connectivity index (χ1) is 33.2. The Kier molecular flexibility index (Phi) is 8.16. The van der Waals surface area contributed by atoms with Gasteiger partial charge in [-0.1, -0.05) is 182 Å². The van der Waals surface area contributed by atoms with Crippen LogP contribution in [0.25, 0.3) is 94.4 Å². The Morgan fingerprint density at radius 3 is 1.69 bits per heavy atom. The topological polar surface area (TPSA) is 39.9 Å². The third-order valence-electron chi connectivity index (χ3n) is 14.1. The van der Waals surface area contributed by atoms with Gasteiger partial charge in [-0.05, 0) is 99.1 Å². The smallest absolute Gasteiger partial charge is 0.160 e. The van der Waals surface area contributed by atoms with Crippen LogP contribution in [0.2, 0.25) is 0 Å². The zero-order chi connectivity index (χ0) is 44.1. The summed E-state index contributed by atoms with van der Waals surface area (Å²) in [7, 11) is 0. The number of benzene rings is 10. The van der Waals surface area contributed by atoms with E-state index in [1.54, 1.807) is 0 Å². The molecule has 0 saturated carbocycles. The Morgan fingerprint density at radius 2 is 0.896 bits per heavy atom. The molecule has 4 nitrogen and oxygen atoms in total. The molecule has 2 aliphatic rings. The molecule has 0 bridgehead atoms. The summed E-state index contributed by atoms with van der Waals surface area (Å²) in [5.74, 6) is 2.47. The van der Waals surface area contributed by atoms with E-state index in [0.29, 0.717) is 5.82 Å². The molecule has 0 N–H and O–H groups in total. The van der Waals surface area contributed by atoms with E-state index in [0.717, 1.165) is 67.2 Å². The zero-order valence-corrected chi connectivity index (χ0v) is 36.3. The van der Waals surface area contributed by atoms with Gasteiger partial charge >= 0.3 is 0 Å². The quantitative estimate of drug-likeness (QED) is 0.173. The molecular weight excluding hydrogens is 815 g/mol. The molecule has 0 fully saturated rings. The van der Waals surface area contributed by atoms with Gasteiger partial charge in [0.25, 0.3) is 0 Å². The third kappa shape index (κ3) is 5.60. The Balaban J connectivity index is 0.850. The molecule has 0 saturated heterocycles. The van der Waals surface area contributed by atoms with E-state index in [1.807, 2.05) is 0 Å². The SMILES string of the molecule is c1ccc(-c2ccc(-n3c4ccccc4c4cc(-c5ccc(-c6nc(-c7ccc8c(c7)-c7ccccc7C87c8ccccc8Oc8ccccc87)c7ccccc7n6)cc5)ccc43)cc2)cc1. The predicted octanol–water partition coefficient (Wildman–Crippen LogP) is 15.9. The van der Waals surface area contributed by atoms with Crippen molar-refractivity contribution in [1.29, 1.82) is 0 Å². The summed E-state index contributed by atoms with van der Waals surface area (Å²) < 4.78 is 8.94. The van der Waals surface area contributed by atoms with Crippen molar-refractivity contribution >= 4 is 32.7 Å². The largest absolute Gasteiger partial charge is 0.457 e. The van der Waals surface area contributed by atoms with Crippen LogP contribution in [0.4, 0.5) is 0 Å². The van der Waals surface area contributed by atoms with Crippen molar-refractivity contribution in [2.24, 2.45) is 0 Å². The minimum atomic E-state index is -0.521. The van der Waals surface area contributed by atoms with Crippen LogP contribution >= 0.6 is 0 Å². The lowest BCUT2D eigenvalue weighted by Gasteiger charge is -2.39. The molecule has 0 atom stereocenters. The monoisotopic (exact) mass is 853 g/mol. The normalized spacial score (nSPS) is 13.0. The summed E-state index contributed by atoms with van der Waals surface area (Å²) in [6.07, 6.45) is 0. The van der Waals surface area contributed by atoms with Crippen LogP contribution in [-0.4, -0.2) is 14.5 Å². The summed E-state index contributed by atoms with van der Waals surface area (Å²) >= 11 is 0. The van der Waals surface area contributed by atoms with Crippen LogP contribution in [0.1, 0.15) is 22.3 Å². The lowest BCUT2D eigenvalue weighted by molar-refractivity contribution is 0.436. The molecule has 4 heteroatoms. The highest BCUT2D eigenvalue weighted by molar-refractivity contribution is 6.10. The third-order valence-corrected chi connectivity index (χ3v) is 14.1. The lowest BCUT2D eigenvalue weighted by atomic mass is 9.66. The van der Waals surface area contributed by atoms with E-state index >= 15 is 0 Å². The van der Waals surface area contributed by atoms with E-state index in [2.05, 4.69) is 241 Å². The van der Waals surface area contributed by atoms with Gasteiger partial charge < -0.3 is 9.30 Å². The van der Waals surface area contributed by atoms with Crippen molar-refractivity contribution in [2.75, 3.05) is 0 Å². The van der Waals surface area contributed by atoms with Crippen molar-refractivity contribution in [1.82, 2.24) is 14.5 Å². The van der Waals surface area contributed by atoms with Gasteiger partial charge in [-0.3, -0.25) is 0 Å². The number of rotatable bonds is 5. The van der Waals surface area contributed by atoms with Crippen molar-refractivity contribution in [2.45, 2.75) is 5.41 Å². The molecule has 0 unspecified atom stereocenters. The number of hydrogen-bond donors (Lipinski definition) is 0. The number of nitrogens with zero attached hydrogens (tertiary/aromatic N) is 3. The van der Waals surface area contributed by atoms with E-state index in [1.165, 1.54) is 55.2 Å². The first-order valence-electron chi connectivity index (χ1n) is 22.9. The number of para-hydroxylation sites is 4. The second kappa shape index (κ2) is 14.6. The maximum absolute atomic E-state index is 6.57. The second-order valence-corrected chi connectivity index (χ2v) is 17.6. The molecule has 67 heavy (non-hydrogen) atoms. The molecular formula is C63H39N3O. The average Bonchev–Trinajstić information content (AvgIpc) is 3.89. The Morgan fingerprint density at radius 1 is 0.343 bits per heavy atom. The highest BCUT2D eigenvalue weighted by atomic mass is 16.5. The van der Waals surface area contributed by atoms with Crippen molar-refractivity contribution in [3.63, 3.8) is 0 Å². The Hall–Kier alpha value is -8.86. The van der Waals surface area contributed by atoms with Crippen LogP contribution in [0, 0.1) is 0 Å². The minimum absolute atomic E-state index is 0.521. The van der Waals surface area contributed by atoms with Crippen LogP contribution in [0.3, 0.4) is 0 Å². The van der Waals surface area contributed by atoms with Gasteiger partial charge in [0.15, 0.2) is 5.82 Å². The summed E-state index contributed by atoms with van der Waals surface area (Å²) in [5, 5.41) is 3.47. The van der Waals surface area contributed by atoms with E-state index < -0.39 is 5.41 Å². The first-order valence-corrected chi connectivity index (χ1v) is 22.9. The number of fused-ring (bicyclic) bond motifs is 13. The molecule has 10 aromatic carbocycles. The van der Waals surface area contributed by atoms with Gasteiger partial charge in [0.05, 0.1) is 27.7 Å². The van der Waals surface area contributed by atoms with Gasteiger partial charge in [-0.15, -0.1) is 0 Å². The van der Waals surface area contributed by atoms with Gasteiger partial charge in [0.2, 0.25) is 0 Å². The fourth-order valence-corrected chi connectivity index (χ4v) is 11.1. The highest BCUT2D eigenvalue weighted by Crippen LogP contribution is 2.62. The van der Waals surface area contributed by atoms with E-state index in [4.69, 9.17) is 14.7 Å². The standard InChI is InChI=1S/C63H39N3O/c1-2-14-40(15-3-1)41-30-34-46(35-31-41)66-57-23-11-6-17-48(57)51-38-44(33-37-58(51)66)42-26-28-43(29-27-42)62-64-56-22-10-5-18-49(56)61(65-62)45-32-36-53-50(39-45)47-16-4-7-19-52(47)63(53)54-20-8-12-24-59(54)67-60-25-13-9-21-55(60)63/h1-39H. The molecule has 3 heterocycles. The van der Waals surface area contributed by atoms with Crippen LogP contribution < -0.4 is 4.74 Å². The maximum atomic E-state index is 6.57. The van der Waals surface area contributed by atoms with Crippen molar-refractivity contribution < 1.29 is 4.74 Å². The number of ether oxygens (including phenoxy) is 1. The molecule has 1 spiro atoms. The highest BCUT2D eigenvalue weighted by Gasteiger charge is 2.51. The predicted molar refractivity (Wildman–Crippen MR) is 273 cm³/mol. The second-order valence-electron chi connectivity index (χ2n) is 17.6. The Bertz CT molecular complexity index is 3900. The van der Waals surface area contributed by atoms with E-state index in [9.17, 15) is 0 Å². The molecule has 1 aliphatic carbocycles. The molecule has 14 rings (SSSR count). The molecule has 1 aliphatic heterocycles. The summed E-state index contributed by atoms with van der Waals surface area (Å²) in [5.41, 5.74) is 18.8.